The fourth-order valence-electron chi connectivity index (χ4n) is 2.59. The summed E-state index contributed by atoms with van der Waals surface area (Å²) >= 11 is 0. The van der Waals surface area contributed by atoms with Crippen molar-refractivity contribution in [2.45, 2.75) is 39.2 Å². The summed E-state index contributed by atoms with van der Waals surface area (Å²) in [6.07, 6.45) is 1.97. The van der Waals surface area contributed by atoms with E-state index >= 15 is 0 Å². The Balaban J connectivity index is 2.82. The van der Waals surface area contributed by atoms with E-state index < -0.39 is 10.2 Å². The SMILES string of the molecule is COCCN(CCC#N)S(=O)(=O)N1CC[C@H](C)C[C@@H]1C. The molecule has 116 valence electrons. The third-order valence-electron chi connectivity index (χ3n) is 3.72. The van der Waals surface area contributed by atoms with Crippen LogP contribution in [0.3, 0.4) is 0 Å². The van der Waals surface area contributed by atoms with E-state index in [1.54, 1.807) is 11.4 Å². The average molecular weight is 303 g/mol. The van der Waals surface area contributed by atoms with Crippen LogP contribution in [0.25, 0.3) is 0 Å². The molecule has 20 heavy (non-hydrogen) atoms. The minimum absolute atomic E-state index is 0.0101. The summed E-state index contributed by atoms with van der Waals surface area (Å²) in [5.41, 5.74) is 0. The van der Waals surface area contributed by atoms with Gasteiger partial charge in [0.2, 0.25) is 0 Å². The van der Waals surface area contributed by atoms with Crippen molar-refractivity contribution in [2.24, 2.45) is 5.92 Å². The van der Waals surface area contributed by atoms with Crippen LogP contribution in [0.15, 0.2) is 0 Å². The normalized spacial score (nSPS) is 24.8. The van der Waals surface area contributed by atoms with Crippen molar-refractivity contribution in [1.29, 1.82) is 5.26 Å². The van der Waals surface area contributed by atoms with Crippen LogP contribution < -0.4 is 0 Å². The summed E-state index contributed by atoms with van der Waals surface area (Å²) in [5, 5.41) is 8.69. The van der Waals surface area contributed by atoms with Gasteiger partial charge in [0.1, 0.15) is 0 Å². The van der Waals surface area contributed by atoms with E-state index in [0.717, 1.165) is 12.8 Å². The van der Waals surface area contributed by atoms with E-state index in [1.165, 1.54) is 4.31 Å². The van der Waals surface area contributed by atoms with Gasteiger partial charge in [-0.2, -0.15) is 22.3 Å². The first-order valence-electron chi connectivity index (χ1n) is 7.06. The highest BCUT2D eigenvalue weighted by molar-refractivity contribution is 7.86. The van der Waals surface area contributed by atoms with Crippen LogP contribution in [0.4, 0.5) is 0 Å². The predicted octanol–water partition coefficient (Wildman–Crippen LogP) is 1.21. The first-order chi connectivity index (χ1) is 9.43. The van der Waals surface area contributed by atoms with Crippen molar-refractivity contribution in [2.75, 3.05) is 33.4 Å². The third-order valence-corrected chi connectivity index (χ3v) is 5.87. The van der Waals surface area contributed by atoms with E-state index in [9.17, 15) is 8.42 Å². The maximum Gasteiger partial charge on any atom is 0.282 e. The molecule has 1 aliphatic rings. The molecular formula is C13H25N3O3S. The first kappa shape index (κ1) is 17.4. The van der Waals surface area contributed by atoms with Crippen molar-refractivity contribution in [3.8, 4) is 6.07 Å². The highest BCUT2D eigenvalue weighted by Gasteiger charge is 2.35. The lowest BCUT2D eigenvalue weighted by Gasteiger charge is -2.38. The molecular weight excluding hydrogens is 278 g/mol. The van der Waals surface area contributed by atoms with E-state index in [1.807, 2.05) is 13.0 Å². The number of hydrogen-bond acceptors (Lipinski definition) is 4. The van der Waals surface area contributed by atoms with Crippen molar-refractivity contribution in [3.63, 3.8) is 0 Å². The number of nitrogens with zero attached hydrogens (tertiary/aromatic N) is 3. The largest absolute Gasteiger partial charge is 0.383 e. The topological polar surface area (TPSA) is 73.6 Å². The molecule has 1 fully saturated rings. The minimum atomic E-state index is -3.51. The zero-order valence-electron chi connectivity index (χ0n) is 12.6. The molecule has 2 atom stereocenters. The monoisotopic (exact) mass is 303 g/mol. The number of nitriles is 1. The number of piperidine rings is 1. The quantitative estimate of drug-likeness (QED) is 0.708. The fraction of sp³-hybridized carbons (Fsp3) is 0.923. The molecule has 0 radical (unpaired) electrons. The van der Waals surface area contributed by atoms with E-state index in [4.69, 9.17) is 10.00 Å². The van der Waals surface area contributed by atoms with Crippen molar-refractivity contribution in [1.82, 2.24) is 8.61 Å². The summed E-state index contributed by atoms with van der Waals surface area (Å²) in [7, 11) is -1.96. The molecule has 0 N–H and O–H groups in total. The molecule has 0 saturated carbocycles. The van der Waals surface area contributed by atoms with Gasteiger partial charge in [-0.25, -0.2) is 0 Å². The number of methoxy groups -OCH3 is 1. The van der Waals surface area contributed by atoms with E-state index in [2.05, 4.69) is 6.92 Å². The van der Waals surface area contributed by atoms with Gasteiger partial charge in [-0.1, -0.05) is 6.92 Å². The lowest BCUT2D eigenvalue weighted by molar-refractivity contribution is 0.167. The molecule has 0 aromatic heterocycles. The van der Waals surface area contributed by atoms with Gasteiger partial charge in [-0.15, -0.1) is 0 Å². The highest BCUT2D eigenvalue weighted by Crippen LogP contribution is 2.26. The van der Waals surface area contributed by atoms with Gasteiger partial charge in [0.25, 0.3) is 10.2 Å². The second kappa shape index (κ2) is 7.93. The summed E-state index contributed by atoms with van der Waals surface area (Å²) in [4.78, 5) is 0. The van der Waals surface area contributed by atoms with E-state index in [0.29, 0.717) is 25.6 Å². The van der Waals surface area contributed by atoms with Crippen molar-refractivity contribution in [3.05, 3.63) is 0 Å². The molecule has 0 spiro atoms. The Bertz CT molecular complexity index is 433. The Morgan fingerprint density at radius 1 is 1.40 bits per heavy atom. The number of hydrogen-bond donors (Lipinski definition) is 0. The Morgan fingerprint density at radius 3 is 2.65 bits per heavy atom. The van der Waals surface area contributed by atoms with Crippen LogP contribution in [0.2, 0.25) is 0 Å². The van der Waals surface area contributed by atoms with Gasteiger partial charge >= 0.3 is 0 Å². The average Bonchev–Trinajstić information content (AvgIpc) is 2.38. The number of rotatable bonds is 7. The fourth-order valence-corrected chi connectivity index (χ4v) is 4.39. The highest BCUT2D eigenvalue weighted by atomic mass is 32.2. The van der Waals surface area contributed by atoms with Gasteiger partial charge in [0, 0.05) is 39.2 Å². The number of ether oxygens (including phenoxy) is 1. The predicted molar refractivity (Wildman–Crippen MR) is 77.2 cm³/mol. The summed E-state index contributed by atoms with van der Waals surface area (Å²) < 4.78 is 33.3. The molecule has 1 rings (SSSR count). The molecule has 0 amide bonds. The van der Waals surface area contributed by atoms with Gasteiger partial charge in [0.15, 0.2) is 0 Å². The maximum atomic E-state index is 12.7. The molecule has 0 aromatic carbocycles. The lowest BCUT2D eigenvalue weighted by Crippen LogP contribution is -2.51. The standard InChI is InChI=1S/C13H25N3O3S/c1-12-5-8-16(13(2)11-12)20(17,18)15(7-4-6-14)9-10-19-3/h12-13H,4-5,7-11H2,1-3H3/t12-,13-/m0/s1. The molecule has 0 aromatic rings. The zero-order valence-corrected chi connectivity index (χ0v) is 13.4. The molecule has 7 heteroatoms. The minimum Gasteiger partial charge on any atom is -0.383 e. The molecule has 6 nitrogen and oxygen atoms in total. The first-order valence-corrected chi connectivity index (χ1v) is 8.46. The van der Waals surface area contributed by atoms with Crippen LogP contribution in [0.5, 0.6) is 0 Å². The van der Waals surface area contributed by atoms with Gasteiger partial charge < -0.3 is 4.74 Å². The van der Waals surface area contributed by atoms with Crippen LogP contribution in [-0.4, -0.2) is 56.4 Å². The van der Waals surface area contributed by atoms with Crippen LogP contribution in [-0.2, 0) is 14.9 Å². The van der Waals surface area contributed by atoms with Crippen LogP contribution in [0, 0.1) is 17.2 Å². The Hall–Kier alpha value is -0.680. The summed E-state index contributed by atoms with van der Waals surface area (Å²) in [5.74, 6) is 0.558. The molecule has 1 aliphatic heterocycles. The summed E-state index contributed by atoms with van der Waals surface area (Å²) in [6.45, 7) is 5.51. The van der Waals surface area contributed by atoms with Gasteiger partial charge in [-0.05, 0) is 25.7 Å². The second-order valence-corrected chi connectivity index (χ2v) is 7.28. The zero-order chi connectivity index (χ0) is 15.2. The Labute approximate surface area is 122 Å². The lowest BCUT2D eigenvalue weighted by atomic mass is 9.95. The molecule has 0 aliphatic carbocycles. The molecule has 0 bridgehead atoms. The Kier molecular flexibility index (Phi) is 6.89. The van der Waals surface area contributed by atoms with Crippen LogP contribution in [0.1, 0.15) is 33.1 Å². The third kappa shape index (κ3) is 4.42. The van der Waals surface area contributed by atoms with E-state index in [-0.39, 0.29) is 19.0 Å². The van der Waals surface area contributed by atoms with Crippen LogP contribution >= 0.6 is 0 Å². The van der Waals surface area contributed by atoms with Gasteiger partial charge in [0.05, 0.1) is 12.7 Å². The molecule has 1 saturated heterocycles. The molecule has 1 heterocycles. The smallest absolute Gasteiger partial charge is 0.282 e. The van der Waals surface area contributed by atoms with Gasteiger partial charge in [-0.3, -0.25) is 0 Å². The van der Waals surface area contributed by atoms with Crippen molar-refractivity contribution < 1.29 is 13.2 Å². The molecule has 0 unspecified atom stereocenters. The van der Waals surface area contributed by atoms with Crippen molar-refractivity contribution >= 4 is 10.2 Å². The Morgan fingerprint density at radius 2 is 2.10 bits per heavy atom. The second-order valence-electron chi connectivity index (χ2n) is 5.40. The summed E-state index contributed by atoms with van der Waals surface area (Å²) in [6, 6.07) is 2.01. The maximum absolute atomic E-state index is 12.7.